The average molecular weight is 320 g/mol. The lowest BCUT2D eigenvalue weighted by molar-refractivity contribution is 0.188. The zero-order chi connectivity index (χ0) is 16.6. The second kappa shape index (κ2) is 5.93. The summed E-state index contributed by atoms with van der Waals surface area (Å²) in [5.74, 6) is 0.595. The van der Waals surface area contributed by atoms with Gasteiger partial charge in [-0.15, -0.1) is 0 Å². The van der Waals surface area contributed by atoms with Gasteiger partial charge in [-0.25, -0.2) is 4.68 Å². The van der Waals surface area contributed by atoms with Crippen molar-refractivity contribution in [1.82, 2.24) is 24.6 Å². The molecule has 1 fully saturated rings. The molecular weight excluding hydrogens is 296 g/mol. The fourth-order valence-electron chi connectivity index (χ4n) is 2.87. The number of anilines is 1. The van der Waals surface area contributed by atoms with Crippen LogP contribution in [0.3, 0.4) is 0 Å². The van der Waals surface area contributed by atoms with Crippen LogP contribution in [0.15, 0.2) is 11.0 Å². The van der Waals surface area contributed by atoms with Gasteiger partial charge < -0.3 is 10.0 Å². The lowest BCUT2D eigenvalue weighted by atomic mass is 10.1. The number of aromatic amines is 1. The first kappa shape index (κ1) is 15.9. The lowest BCUT2D eigenvalue weighted by Gasteiger charge is -2.34. The van der Waals surface area contributed by atoms with Crippen LogP contribution in [-0.4, -0.2) is 69.1 Å². The summed E-state index contributed by atoms with van der Waals surface area (Å²) in [6, 6.07) is 0. The van der Waals surface area contributed by atoms with Crippen LogP contribution in [0, 0.1) is 0 Å². The minimum absolute atomic E-state index is 0.154. The van der Waals surface area contributed by atoms with Crippen molar-refractivity contribution in [3.63, 3.8) is 0 Å². The number of H-pyrrole nitrogens is 1. The molecule has 1 saturated heterocycles. The first-order valence-electron chi connectivity index (χ1n) is 7.97. The fraction of sp³-hybridized carbons (Fsp3) is 0.667. The summed E-state index contributed by atoms with van der Waals surface area (Å²) in [5.41, 5.74) is 0.229. The molecule has 23 heavy (non-hydrogen) atoms. The standard InChI is InChI=1S/C15H24N6O2/c1-15(2,3)21-12-11(10-16-21)13(23)18-14(17-12)20-6-4-19(5-7-20)8-9-22/h10,22H,4-9H2,1-3H3,(H,17,18,23). The highest BCUT2D eigenvalue weighted by Gasteiger charge is 2.23. The van der Waals surface area contributed by atoms with Crippen LogP contribution in [0.25, 0.3) is 11.0 Å². The number of β-amino-alcohol motifs (C(OH)–C–C–N with tert-alkyl or cyclic N) is 1. The van der Waals surface area contributed by atoms with Crippen molar-refractivity contribution in [2.75, 3.05) is 44.2 Å². The van der Waals surface area contributed by atoms with Crippen molar-refractivity contribution in [3.05, 3.63) is 16.6 Å². The van der Waals surface area contributed by atoms with E-state index in [0.717, 1.165) is 26.2 Å². The number of aliphatic hydroxyl groups excluding tert-OH is 1. The van der Waals surface area contributed by atoms with Crippen LogP contribution >= 0.6 is 0 Å². The smallest absolute Gasteiger partial charge is 0.263 e. The molecule has 0 aliphatic carbocycles. The van der Waals surface area contributed by atoms with Crippen LogP contribution in [-0.2, 0) is 5.54 Å². The SMILES string of the molecule is CC(C)(C)n1ncc2c(=O)[nH]c(N3CCN(CCO)CC3)nc21. The molecule has 0 radical (unpaired) electrons. The van der Waals surface area contributed by atoms with Crippen LogP contribution in [0.5, 0.6) is 0 Å². The zero-order valence-electron chi connectivity index (χ0n) is 13.9. The lowest BCUT2D eigenvalue weighted by Crippen LogP contribution is -2.48. The van der Waals surface area contributed by atoms with Crippen molar-refractivity contribution >= 4 is 17.0 Å². The summed E-state index contributed by atoms with van der Waals surface area (Å²) in [7, 11) is 0. The Hall–Kier alpha value is -1.93. The Morgan fingerprint density at radius 3 is 2.57 bits per heavy atom. The van der Waals surface area contributed by atoms with E-state index < -0.39 is 0 Å². The Morgan fingerprint density at radius 1 is 1.26 bits per heavy atom. The van der Waals surface area contributed by atoms with E-state index >= 15 is 0 Å². The average Bonchev–Trinajstić information content (AvgIpc) is 2.93. The highest BCUT2D eigenvalue weighted by Crippen LogP contribution is 2.20. The number of nitrogens with zero attached hydrogens (tertiary/aromatic N) is 5. The molecule has 8 heteroatoms. The van der Waals surface area contributed by atoms with Gasteiger partial charge in [0.25, 0.3) is 5.56 Å². The Kier molecular flexibility index (Phi) is 4.11. The van der Waals surface area contributed by atoms with E-state index in [1.807, 2.05) is 20.8 Å². The Bertz CT molecular complexity index is 736. The van der Waals surface area contributed by atoms with E-state index in [9.17, 15) is 4.79 Å². The van der Waals surface area contributed by atoms with Crippen molar-refractivity contribution in [3.8, 4) is 0 Å². The highest BCUT2D eigenvalue weighted by atomic mass is 16.3. The molecule has 0 amide bonds. The number of rotatable bonds is 3. The number of nitrogens with one attached hydrogen (secondary N) is 1. The summed E-state index contributed by atoms with van der Waals surface area (Å²) >= 11 is 0. The number of aliphatic hydroxyl groups is 1. The molecule has 2 N–H and O–H groups in total. The maximum atomic E-state index is 12.3. The normalized spacial score (nSPS) is 17.1. The summed E-state index contributed by atoms with van der Waals surface area (Å²) in [6.07, 6.45) is 1.58. The van der Waals surface area contributed by atoms with Gasteiger partial charge in [0.1, 0.15) is 5.39 Å². The molecule has 0 saturated carbocycles. The highest BCUT2D eigenvalue weighted by molar-refractivity contribution is 5.74. The predicted octanol–water partition coefficient (Wildman–Crippen LogP) is -0.0111. The Labute approximate surface area is 134 Å². The van der Waals surface area contributed by atoms with Gasteiger partial charge in [0.15, 0.2) is 5.65 Å². The molecule has 126 valence electrons. The summed E-state index contributed by atoms with van der Waals surface area (Å²) < 4.78 is 1.79. The van der Waals surface area contributed by atoms with E-state index in [4.69, 9.17) is 5.11 Å². The van der Waals surface area contributed by atoms with Gasteiger partial charge in [0, 0.05) is 32.7 Å². The van der Waals surface area contributed by atoms with Crippen LogP contribution in [0.4, 0.5) is 5.95 Å². The summed E-state index contributed by atoms with van der Waals surface area (Å²) in [4.78, 5) is 24.1. The molecule has 2 aromatic heterocycles. The third-order valence-corrected chi connectivity index (χ3v) is 4.15. The molecule has 0 unspecified atom stereocenters. The number of aromatic nitrogens is 4. The Balaban J connectivity index is 1.92. The molecule has 0 spiro atoms. The number of piperazine rings is 1. The zero-order valence-corrected chi connectivity index (χ0v) is 13.9. The minimum atomic E-state index is -0.236. The quantitative estimate of drug-likeness (QED) is 0.827. The van der Waals surface area contributed by atoms with Crippen molar-refractivity contribution < 1.29 is 5.11 Å². The van der Waals surface area contributed by atoms with Gasteiger partial charge in [-0.2, -0.15) is 10.1 Å². The van der Waals surface area contributed by atoms with E-state index in [1.54, 1.807) is 10.9 Å². The second-order valence-corrected chi connectivity index (χ2v) is 6.91. The van der Waals surface area contributed by atoms with Gasteiger partial charge in [-0.1, -0.05) is 0 Å². The largest absolute Gasteiger partial charge is 0.395 e. The van der Waals surface area contributed by atoms with E-state index in [0.29, 0.717) is 23.5 Å². The summed E-state index contributed by atoms with van der Waals surface area (Å²) in [5, 5.41) is 13.9. The monoisotopic (exact) mass is 320 g/mol. The molecule has 1 aliphatic rings. The van der Waals surface area contributed by atoms with E-state index in [1.165, 1.54) is 0 Å². The molecule has 3 heterocycles. The topological polar surface area (TPSA) is 90.3 Å². The van der Waals surface area contributed by atoms with E-state index in [-0.39, 0.29) is 17.7 Å². The third kappa shape index (κ3) is 3.09. The van der Waals surface area contributed by atoms with Crippen LogP contribution in [0.1, 0.15) is 20.8 Å². The Morgan fingerprint density at radius 2 is 1.96 bits per heavy atom. The van der Waals surface area contributed by atoms with Crippen molar-refractivity contribution in [2.45, 2.75) is 26.3 Å². The molecule has 2 aromatic rings. The maximum Gasteiger partial charge on any atom is 0.263 e. The molecule has 0 aromatic carbocycles. The van der Waals surface area contributed by atoms with Gasteiger partial charge in [-0.05, 0) is 20.8 Å². The van der Waals surface area contributed by atoms with Gasteiger partial charge >= 0.3 is 0 Å². The van der Waals surface area contributed by atoms with E-state index in [2.05, 4.69) is 24.9 Å². The maximum absolute atomic E-state index is 12.3. The molecule has 0 atom stereocenters. The molecule has 1 aliphatic heterocycles. The number of fused-ring (bicyclic) bond motifs is 1. The second-order valence-electron chi connectivity index (χ2n) is 6.91. The van der Waals surface area contributed by atoms with Gasteiger partial charge in [-0.3, -0.25) is 14.7 Å². The van der Waals surface area contributed by atoms with Crippen molar-refractivity contribution in [2.24, 2.45) is 0 Å². The molecule has 0 bridgehead atoms. The minimum Gasteiger partial charge on any atom is -0.395 e. The molecule has 8 nitrogen and oxygen atoms in total. The fourth-order valence-corrected chi connectivity index (χ4v) is 2.87. The van der Waals surface area contributed by atoms with Crippen molar-refractivity contribution in [1.29, 1.82) is 0 Å². The first-order chi connectivity index (χ1) is 10.9. The van der Waals surface area contributed by atoms with Gasteiger partial charge in [0.2, 0.25) is 5.95 Å². The van der Waals surface area contributed by atoms with Crippen LogP contribution < -0.4 is 10.5 Å². The summed E-state index contributed by atoms with van der Waals surface area (Å²) in [6.45, 7) is 10.2. The molecule has 3 rings (SSSR count). The first-order valence-corrected chi connectivity index (χ1v) is 7.97. The van der Waals surface area contributed by atoms with Gasteiger partial charge in [0.05, 0.1) is 18.3 Å². The molecular formula is C15H24N6O2. The number of hydrogen-bond donors (Lipinski definition) is 2. The van der Waals surface area contributed by atoms with Crippen LogP contribution in [0.2, 0.25) is 0 Å². The third-order valence-electron chi connectivity index (χ3n) is 4.15. The predicted molar refractivity (Wildman–Crippen MR) is 88.9 cm³/mol. The number of hydrogen-bond acceptors (Lipinski definition) is 6.